The van der Waals surface area contributed by atoms with E-state index in [0.717, 1.165) is 29.1 Å². The van der Waals surface area contributed by atoms with Gasteiger partial charge >= 0.3 is 0 Å². The summed E-state index contributed by atoms with van der Waals surface area (Å²) in [7, 11) is 0. The van der Waals surface area contributed by atoms with Gasteiger partial charge in [-0.15, -0.1) is 22.9 Å². The molecule has 3 nitrogen and oxygen atoms in total. The van der Waals surface area contributed by atoms with E-state index < -0.39 is 0 Å². The second-order valence-corrected chi connectivity index (χ2v) is 5.21. The highest BCUT2D eigenvalue weighted by Gasteiger charge is 2.11. The van der Waals surface area contributed by atoms with E-state index in [2.05, 4.69) is 39.0 Å². The summed E-state index contributed by atoms with van der Waals surface area (Å²) in [5, 5.41) is 2.06. The third-order valence-corrected chi connectivity index (χ3v) is 3.78. The summed E-state index contributed by atoms with van der Waals surface area (Å²) < 4.78 is 2.14. The Morgan fingerprint density at radius 3 is 3.00 bits per heavy atom. The number of rotatable bonds is 3. The molecular formula is C13H12ClN3S. The standard InChI is InChI=1S/C13H12ClN3S/c1-9-2-3-11-12(4-9)17(13(5-14)16-11)6-10-7-18-8-15-10/h2-4,7-8H,5-6H2,1H3. The number of hydrogen-bond donors (Lipinski definition) is 0. The first kappa shape index (κ1) is 11.7. The molecule has 0 aliphatic rings. The Balaban J connectivity index is 2.15. The van der Waals surface area contributed by atoms with Gasteiger partial charge in [-0.05, 0) is 24.6 Å². The van der Waals surface area contributed by atoms with Crippen molar-refractivity contribution in [1.82, 2.24) is 14.5 Å². The molecular weight excluding hydrogens is 266 g/mol. The summed E-state index contributed by atoms with van der Waals surface area (Å²) in [4.78, 5) is 8.88. The lowest BCUT2D eigenvalue weighted by atomic mass is 10.2. The minimum absolute atomic E-state index is 0.415. The molecule has 2 aromatic heterocycles. The molecule has 0 atom stereocenters. The summed E-state index contributed by atoms with van der Waals surface area (Å²) in [6, 6.07) is 6.25. The minimum Gasteiger partial charge on any atom is -0.321 e. The smallest absolute Gasteiger partial charge is 0.125 e. The fourth-order valence-corrected chi connectivity index (χ4v) is 2.79. The van der Waals surface area contributed by atoms with Crippen LogP contribution in [-0.2, 0) is 12.4 Å². The topological polar surface area (TPSA) is 30.7 Å². The zero-order chi connectivity index (χ0) is 12.5. The molecule has 0 fully saturated rings. The number of hydrogen-bond acceptors (Lipinski definition) is 3. The highest BCUT2D eigenvalue weighted by Crippen LogP contribution is 2.20. The van der Waals surface area contributed by atoms with Gasteiger partial charge in [0.15, 0.2) is 0 Å². The van der Waals surface area contributed by atoms with Crippen LogP contribution in [-0.4, -0.2) is 14.5 Å². The molecule has 2 heterocycles. The summed E-state index contributed by atoms with van der Waals surface area (Å²) in [6.07, 6.45) is 0. The van der Waals surface area contributed by atoms with Crippen LogP contribution in [0.2, 0.25) is 0 Å². The zero-order valence-corrected chi connectivity index (χ0v) is 11.5. The molecule has 0 radical (unpaired) electrons. The predicted molar refractivity (Wildman–Crippen MR) is 75.2 cm³/mol. The monoisotopic (exact) mass is 277 g/mol. The van der Waals surface area contributed by atoms with E-state index in [1.807, 2.05) is 11.6 Å². The fourth-order valence-electron chi connectivity index (χ4n) is 2.04. The molecule has 1 aromatic carbocycles. The molecule has 0 saturated carbocycles. The van der Waals surface area contributed by atoms with Crippen molar-refractivity contribution in [3.05, 3.63) is 46.2 Å². The lowest BCUT2D eigenvalue weighted by Gasteiger charge is -2.05. The van der Waals surface area contributed by atoms with E-state index in [1.165, 1.54) is 5.56 Å². The molecule has 0 saturated heterocycles. The number of fused-ring (bicyclic) bond motifs is 1. The molecule has 0 N–H and O–H groups in total. The van der Waals surface area contributed by atoms with E-state index in [4.69, 9.17) is 11.6 Å². The predicted octanol–water partition coefficient (Wildman–Crippen LogP) is 3.59. The van der Waals surface area contributed by atoms with Crippen molar-refractivity contribution in [3.8, 4) is 0 Å². The van der Waals surface area contributed by atoms with Gasteiger partial charge in [-0.2, -0.15) is 0 Å². The Labute approximate surface area is 114 Å². The SMILES string of the molecule is Cc1ccc2nc(CCl)n(Cc3cscn3)c2c1. The van der Waals surface area contributed by atoms with Crippen molar-refractivity contribution in [1.29, 1.82) is 0 Å². The van der Waals surface area contributed by atoms with Gasteiger partial charge in [-0.1, -0.05) is 6.07 Å². The number of aryl methyl sites for hydroxylation is 1. The Bertz CT molecular complexity index is 673. The molecule has 3 rings (SSSR count). The summed E-state index contributed by atoms with van der Waals surface area (Å²) in [5.41, 5.74) is 6.24. The van der Waals surface area contributed by atoms with Crippen LogP contribution in [0.15, 0.2) is 29.1 Å². The fraction of sp³-hybridized carbons (Fsp3) is 0.231. The lowest BCUT2D eigenvalue weighted by molar-refractivity contribution is 0.763. The van der Waals surface area contributed by atoms with Gasteiger partial charge in [-0.25, -0.2) is 9.97 Å². The van der Waals surface area contributed by atoms with Crippen LogP contribution >= 0.6 is 22.9 Å². The van der Waals surface area contributed by atoms with Crippen molar-refractivity contribution in [3.63, 3.8) is 0 Å². The van der Waals surface area contributed by atoms with Crippen molar-refractivity contribution >= 4 is 34.0 Å². The molecule has 0 amide bonds. The van der Waals surface area contributed by atoms with E-state index in [-0.39, 0.29) is 0 Å². The molecule has 0 aliphatic carbocycles. The summed E-state index contributed by atoms with van der Waals surface area (Å²) >= 11 is 7.59. The number of benzene rings is 1. The van der Waals surface area contributed by atoms with Crippen LogP contribution in [0.5, 0.6) is 0 Å². The molecule has 0 bridgehead atoms. The van der Waals surface area contributed by atoms with Crippen molar-refractivity contribution in [2.24, 2.45) is 0 Å². The first-order valence-corrected chi connectivity index (χ1v) is 7.14. The van der Waals surface area contributed by atoms with Crippen LogP contribution in [0, 0.1) is 6.92 Å². The second kappa shape index (κ2) is 4.71. The van der Waals surface area contributed by atoms with Crippen molar-refractivity contribution in [2.45, 2.75) is 19.3 Å². The maximum absolute atomic E-state index is 5.98. The number of aromatic nitrogens is 3. The molecule has 0 unspecified atom stereocenters. The second-order valence-electron chi connectivity index (χ2n) is 4.22. The first-order chi connectivity index (χ1) is 8.78. The molecule has 92 valence electrons. The van der Waals surface area contributed by atoms with Crippen LogP contribution in [0.4, 0.5) is 0 Å². The van der Waals surface area contributed by atoms with E-state index in [1.54, 1.807) is 11.3 Å². The van der Waals surface area contributed by atoms with Gasteiger partial charge in [0, 0.05) is 5.38 Å². The van der Waals surface area contributed by atoms with Gasteiger partial charge in [0.05, 0.1) is 34.7 Å². The Morgan fingerprint density at radius 2 is 2.28 bits per heavy atom. The highest BCUT2D eigenvalue weighted by atomic mass is 35.5. The van der Waals surface area contributed by atoms with Gasteiger partial charge in [-0.3, -0.25) is 0 Å². The third kappa shape index (κ3) is 2.02. The normalized spacial score (nSPS) is 11.2. The Kier molecular flexibility index (Phi) is 3.06. The van der Waals surface area contributed by atoms with Gasteiger partial charge in [0.1, 0.15) is 5.82 Å². The van der Waals surface area contributed by atoms with Gasteiger partial charge in [0.2, 0.25) is 0 Å². The number of halogens is 1. The number of alkyl halides is 1. The van der Waals surface area contributed by atoms with Gasteiger partial charge < -0.3 is 4.57 Å². The molecule has 0 aliphatic heterocycles. The maximum Gasteiger partial charge on any atom is 0.125 e. The third-order valence-electron chi connectivity index (χ3n) is 2.91. The average molecular weight is 278 g/mol. The maximum atomic E-state index is 5.98. The lowest BCUT2D eigenvalue weighted by Crippen LogP contribution is -2.04. The van der Waals surface area contributed by atoms with Crippen LogP contribution < -0.4 is 0 Å². The van der Waals surface area contributed by atoms with Crippen LogP contribution in [0.3, 0.4) is 0 Å². The minimum atomic E-state index is 0.415. The number of nitrogens with zero attached hydrogens (tertiary/aromatic N) is 3. The van der Waals surface area contributed by atoms with E-state index in [0.29, 0.717) is 5.88 Å². The first-order valence-electron chi connectivity index (χ1n) is 5.66. The number of thiazole rings is 1. The largest absolute Gasteiger partial charge is 0.321 e. The molecule has 0 spiro atoms. The van der Waals surface area contributed by atoms with E-state index >= 15 is 0 Å². The highest BCUT2D eigenvalue weighted by molar-refractivity contribution is 7.07. The molecule has 3 aromatic rings. The van der Waals surface area contributed by atoms with Crippen molar-refractivity contribution in [2.75, 3.05) is 0 Å². The quantitative estimate of drug-likeness (QED) is 0.685. The molecule has 5 heteroatoms. The summed E-state index contributed by atoms with van der Waals surface area (Å²) in [5.74, 6) is 1.31. The van der Waals surface area contributed by atoms with Crippen LogP contribution in [0.1, 0.15) is 17.1 Å². The van der Waals surface area contributed by atoms with Crippen LogP contribution in [0.25, 0.3) is 11.0 Å². The van der Waals surface area contributed by atoms with Gasteiger partial charge in [0.25, 0.3) is 0 Å². The average Bonchev–Trinajstić information content (AvgIpc) is 2.98. The Morgan fingerprint density at radius 1 is 1.39 bits per heavy atom. The van der Waals surface area contributed by atoms with E-state index in [9.17, 15) is 0 Å². The zero-order valence-electron chi connectivity index (χ0n) is 9.93. The Hall–Kier alpha value is -1.39. The number of imidazole rings is 1. The molecule has 18 heavy (non-hydrogen) atoms. The summed E-state index contributed by atoms with van der Waals surface area (Å²) in [6.45, 7) is 2.81. The van der Waals surface area contributed by atoms with Crippen molar-refractivity contribution < 1.29 is 0 Å².